The molecule has 1 rings (SSSR count). The Morgan fingerprint density at radius 3 is 2.29 bits per heavy atom. The van der Waals surface area contributed by atoms with Crippen molar-refractivity contribution >= 4 is 22.9 Å². The molecular weight excluding hydrogens is 187 g/mol. The second-order valence-corrected chi connectivity index (χ2v) is 7.49. The van der Waals surface area contributed by atoms with E-state index in [1.54, 1.807) is 9.75 Å². The van der Waals surface area contributed by atoms with Gasteiger partial charge in [0.2, 0.25) is 0 Å². The number of hydrogen-bond acceptors (Lipinski definition) is 0. The summed E-state index contributed by atoms with van der Waals surface area (Å²) in [5.74, 6) is 0. The van der Waals surface area contributed by atoms with Crippen LogP contribution in [0.5, 0.6) is 0 Å². The van der Waals surface area contributed by atoms with Gasteiger partial charge in [-0.25, -0.2) is 0 Å². The van der Waals surface area contributed by atoms with Crippen molar-refractivity contribution in [2.24, 2.45) is 0 Å². The monoisotopic (exact) mass is 197 g/mol. The van der Waals surface area contributed by atoms with Gasteiger partial charge in [0.15, 0.2) is 0 Å². The van der Waals surface area contributed by atoms with E-state index in [1.165, 1.54) is 6.42 Å². The third-order valence-corrected chi connectivity index (χ3v) is 6.45. The Labute approximate surface area is 56.4 Å². The minimum atomic E-state index is -0.0878. The fourth-order valence-electron chi connectivity index (χ4n) is 0.877. The standard InChI is InChI=1S/C6H10.In/c1-4-6(3)5-2;/h1,4H2,2-3H3;. The van der Waals surface area contributed by atoms with Gasteiger partial charge in [-0.05, 0) is 0 Å². The van der Waals surface area contributed by atoms with Gasteiger partial charge >= 0.3 is 56.3 Å². The molecule has 0 aromatic carbocycles. The molecule has 0 saturated heterocycles. The van der Waals surface area contributed by atoms with Crippen molar-refractivity contribution in [2.45, 2.75) is 24.4 Å². The van der Waals surface area contributed by atoms with Crippen LogP contribution in [0.15, 0.2) is 8.90 Å². The fraction of sp³-hybridized carbons (Fsp3) is 0.667. The average molecular weight is 197 g/mol. The Hall–Kier alpha value is 0.610. The summed E-state index contributed by atoms with van der Waals surface area (Å²) in [6, 6.07) is 0. The fourth-order valence-corrected chi connectivity index (χ4v) is 5.17. The number of hydrogen-bond donors (Lipinski definition) is 0. The summed E-state index contributed by atoms with van der Waals surface area (Å²) in [7, 11) is 0. The van der Waals surface area contributed by atoms with Crippen molar-refractivity contribution < 1.29 is 0 Å². The van der Waals surface area contributed by atoms with Crippen molar-refractivity contribution in [1.82, 2.24) is 0 Å². The Morgan fingerprint density at radius 2 is 2.14 bits per heavy atom. The maximum atomic E-state index is 2.32. The van der Waals surface area contributed by atoms with Crippen LogP contribution in [0.1, 0.15) is 20.3 Å². The van der Waals surface area contributed by atoms with Crippen LogP contribution in [0.2, 0.25) is 4.18 Å². The molecule has 1 aliphatic heterocycles. The third kappa shape index (κ3) is 1.25. The summed E-state index contributed by atoms with van der Waals surface area (Å²) in [6.07, 6.45) is 1.44. The summed E-state index contributed by atoms with van der Waals surface area (Å²) < 4.78 is 3.41. The second kappa shape index (κ2) is 2.25. The first-order valence-electron chi connectivity index (χ1n) is 2.80. The molecule has 0 nitrogen and oxygen atoms in total. The van der Waals surface area contributed by atoms with Crippen LogP contribution in [0.4, 0.5) is 0 Å². The molecule has 1 heterocycles. The van der Waals surface area contributed by atoms with E-state index < -0.39 is 0 Å². The molecule has 0 spiro atoms. The molecule has 0 aliphatic carbocycles. The topological polar surface area (TPSA) is 0 Å². The molecule has 0 bridgehead atoms. The van der Waals surface area contributed by atoms with E-state index in [9.17, 15) is 0 Å². The zero-order chi connectivity index (χ0) is 5.28. The van der Waals surface area contributed by atoms with Gasteiger partial charge in [-0.15, -0.1) is 0 Å². The Bertz CT molecular complexity index is 90.7. The molecule has 0 fully saturated rings. The molecule has 0 aromatic rings. The summed E-state index contributed by atoms with van der Waals surface area (Å²) in [5.41, 5.74) is 1.71. The molecule has 0 N–H and O–H groups in total. The second-order valence-electron chi connectivity index (χ2n) is 2.21. The van der Waals surface area contributed by atoms with E-state index in [1.807, 2.05) is 3.33 Å². The summed E-state index contributed by atoms with van der Waals surface area (Å²) in [5, 5.41) is 0. The van der Waals surface area contributed by atoms with Gasteiger partial charge in [-0.2, -0.15) is 0 Å². The van der Waals surface area contributed by atoms with Crippen LogP contribution in [-0.2, 0) is 0 Å². The van der Waals surface area contributed by atoms with Crippen molar-refractivity contribution in [3.63, 3.8) is 0 Å². The van der Waals surface area contributed by atoms with Crippen LogP contribution in [0.25, 0.3) is 0 Å². The Balaban J connectivity index is 2.64. The molecular formula is C6H10In. The normalized spacial score (nSPS) is 20.3. The van der Waals surface area contributed by atoms with Crippen LogP contribution in [0.3, 0.4) is 0 Å². The van der Waals surface area contributed by atoms with Gasteiger partial charge in [-0.3, -0.25) is 0 Å². The molecule has 0 saturated carbocycles. The Morgan fingerprint density at radius 1 is 1.43 bits per heavy atom. The van der Waals surface area contributed by atoms with Crippen molar-refractivity contribution in [2.75, 3.05) is 0 Å². The predicted molar refractivity (Wildman–Crippen MR) is 33.6 cm³/mol. The van der Waals surface area contributed by atoms with Crippen molar-refractivity contribution in [3.05, 3.63) is 8.90 Å². The molecule has 0 atom stereocenters. The van der Waals surface area contributed by atoms with Crippen LogP contribution in [-0.4, -0.2) is 22.9 Å². The van der Waals surface area contributed by atoms with Crippen molar-refractivity contribution in [1.29, 1.82) is 0 Å². The summed E-state index contributed by atoms with van der Waals surface area (Å²) in [6.45, 7) is 4.61. The zero-order valence-corrected chi connectivity index (χ0v) is 8.29. The van der Waals surface area contributed by atoms with E-state index >= 15 is 0 Å². The van der Waals surface area contributed by atoms with E-state index in [0.717, 1.165) is 0 Å². The van der Waals surface area contributed by atoms with Gasteiger partial charge in [0.1, 0.15) is 0 Å². The van der Waals surface area contributed by atoms with E-state index in [2.05, 4.69) is 13.8 Å². The SMILES string of the molecule is CC1=[C](C)[In][CH2]C1. The molecule has 1 heteroatoms. The quantitative estimate of drug-likeness (QED) is 0.555. The van der Waals surface area contributed by atoms with Crippen LogP contribution >= 0.6 is 0 Å². The molecule has 0 aromatic heterocycles. The maximum absolute atomic E-state index is 2.32. The van der Waals surface area contributed by atoms with Gasteiger partial charge in [0.25, 0.3) is 0 Å². The first-order chi connectivity index (χ1) is 3.30. The minimum absolute atomic E-state index is 0.0878. The molecule has 7 heavy (non-hydrogen) atoms. The molecule has 37 valence electrons. The van der Waals surface area contributed by atoms with Crippen LogP contribution < -0.4 is 0 Å². The molecule has 1 radical (unpaired) electrons. The average Bonchev–Trinajstić information content (AvgIpc) is 1.91. The van der Waals surface area contributed by atoms with E-state index in [-0.39, 0.29) is 22.9 Å². The summed E-state index contributed by atoms with van der Waals surface area (Å²) >= 11 is -0.0878. The zero-order valence-electron chi connectivity index (χ0n) is 4.99. The predicted octanol–water partition coefficient (Wildman–Crippen LogP) is 1.81. The summed E-state index contributed by atoms with van der Waals surface area (Å²) in [4.78, 5) is 0. The first kappa shape index (κ1) is 5.74. The van der Waals surface area contributed by atoms with Crippen molar-refractivity contribution in [3.8, 4) is 0 Å². The number of rotatable bonds is 0. The van der Waals surface area contributed by atoms with Gasteiger partial charge < -0.3 is 0 Å². The molecule has 1 aliphatic rings. The van der Waals surface area contributed by atoms with Gasteiger partial charge in [-0.1, -0.05) is 0 Å². The van der Waals surface area contributed by atoms with E-state index in [0.29, 0.717) is 0 Å². The van der Waals surface area contributed by atoms with Gasteiger partial charge in [0.05, 0.1) is 0 Å². The van der Waals surface area contributed by atoms with E-state index in [4.69, 9.17) is 0 Å². The third-order valence-electron chi connectivity index (χ3n) is 1.64. The van der Waals surface area contributed by atoms with Crippen LogP contribution in [0, 0.1) is 0 Å². The van der Waals surface area contributed by atoms with Gasteiger partial charge in [0, 0.05) is 0 Å². The molecule has 0 amide bonds. The molecule has 0 unspecified atom stereocenters. The number of allylic oxidation sites excluding steroid dienone is 2. The first-order valence-corrected chi connectivity index (χ1v) is 6.78. The Kier molecular flexibility index (Phi) is 1.85.